The number of aryl methyl sites for hydroxylation is 2. The molecule has 0 fully saturated rings. The fraction of sp³-hybridized carbons (Fsp3) is 0.273. The van der Waals surface area contributed by atoms with Gasteiger partial charge in [0, 0.05) is 16.3 Å². The molecule has 1 unspecified atom stereocenters. The maximum Gasteiger partial charge on any atom is 0.251 e. The first-order valence-electron chi connectivity index (χ1n) is 9.61. The molecule has 0 aliphatic carbocycles. The summed E-state index contributed by atoms with van der Waals surface area (Å²) in [5, 5.41) is 10.6. The van der Waals surface area contributed by atoms with Crippen LogP contribution in [0.2, 0.25) is 5.02 Å². The molecule has 1 aromatic carbocycles. The van der Waals surface area contributed by atoms with Gasteiger partial charge in [0.15, 0.2) is 5.82 Å². The molecule has 8 heteroatoms. The minimum atomic E-state index is -0.705. The topological polar surface area (TPSA) is 88.9 Å². The molecule has 0 saturated carbocycles. The molecule has 3 rings (SSSR count). The normalized spacial score (nSPS) is 11.9. The number of nitrogens with one attached hydrogen (secondary N) is 2. The lowest BCUT2D eigenvalue weighted by atomic mass is 10.0. The van der Waals surface area contributed by atoms with Gasteiger partial charge in [-0.25, -0.2) is 9.67 Å². The molecule has 0 aliphatic heterocycles. The fourth-order valence-corrected chi connectivity index (χ4v) is 3.15. The van der Waals surface area contributed by atoms with Gasteiger partial charge in [-0.1, -0.05) is 25.4 Å². The fourth-order valence-electron chi connectivity index (χ4n) is 3.03. The second-order valence-electron chi connectivity index (χ2n) is 7.44. The van der Waals surface area contributed by atoms with E-state index in [1.807, 2.05) is 33.8 Å². The van der Waals surface area contributed by atoms with Gasteiger partial charge in [-0.3, -0.25) is 9.59 Å². The number of rotatable bonds is 6. The summed E-state index contributed by atoms with van der Waals surface area (Å²) in [6.07, 6.45) is 1.57. The van der Waals surface area contributed by atoms with Gasteiger partial charge in [0.05, 0.1) is 17.6 Å². The Kier molecular flexibility index (Phi) is 6.52. The Morgan fingerprint density at radius 2 is 1.77 bits per heavy atom. The van der Waals surface area contributed by atoms with Gasteiger partial charge in [-0.05, 0) is 62.2 Å². The van der Waals surface area contributed by atoms with E-state index < -0.39 is 6.04 Å². The third-order valence-corrected chi connectivity index (χ3v) is 4.84. The Morgan fingerprint density at radius 1 is 1.07 bits per heavy atom. The Hall–Kier alpha value is -3.19. The Balaban J connectivity index is 1.69. The van der Waals surface area contributed by atoms with Crippen LogP contribution in [-0.2, 0) is 4.79 Å². The van der Waals surface area contributed by atoms with Crippen LogP contribution < -0.4 is 10.6 Å². The summed E-state index contributed by atoms with van der Waals surface area (Å²) in [4.78, 5) is 29.7. The number of halogens is 1. The first-order chi connectivity index (χ1) is 14.2. The molecule has 0 spiro atoms. The Labute approximate surface area is 180 Å². The molecule has 1 atom stereocenters. The van der Waals surface area contributed by atoms with Gasteiger partial charge in [-0.2, -0.15) is 5.10 Å². The minimum Gasteiger partial charge on any atom is -0.340 e. The van der Waals surface area contributed by atoms with Crippen molar-refractivity contribution in [1.82, 2.24) is 20.1 Å². The SMILES string of the molecule is Cc1cc(C)n(-c2ccc(NC(=O)C(NC(=O)c3ccc(Cl)cc3)C(C)C)cn2)n1. The summed E-state index contributed by atoms with van der Waals surface area (Å²) >= 11 is 5.87. The van der Waals surface area contributed by atoms with Crippen molar-refractivity contribution in [2.45, 2.75) is 33.7 Å². The molecule has 0 saturated heterocycles. The first-order valence-corrected chi connectivity index (χ1v) is 9.99. The van der Waals surface area contributed by atoms with E-state index in [0.29, 0.717) is 22.1 Å². The highest BCUT2D eigenvalue weighted by Gasteiger charge is 2.25. The quantitative estimate of drug-likeness (QED) is 0.626. The molecule has 30 heavy (non-hydrogen) atoms. The molecule has 0 radical (unpaired) electrons. The predicted molar refractivity (Wildman–Crippen MR) is 117 cm³/mol. The van der Waals surface area contributed by atoms with Gasteiger partial charge in [0.2, 0.25) is 5.91 Å². The number of anilines is 1. The van der Waals surface area contributed by atoms with E-state index in [4.69, 9.17) is 11.6 Å². The van der Waals surface area contributed by atoms with Crippen molar-refractivity contribution in [3.05, 3.63) is 70.6 Å². The zero-order valence-corrected chi connectivity index (χ0v) is 18.1. The molecule has 0 aliphatic rings. The molecule has 2 aromatic heterocycles. The standard InChI is InChI=1S/C22H24ClN5O2/c1-13(2)20(26-21(29)16-5-7-17(23)8-6-16)22(30)25-18-9-10-19(24-12-18)28-15(4)11-14(3)27-28/h5-13,20H,1-4H3,(H,25,30)(H,26,29). The van der Waals surface area contributed by atoms with E-state index in [-0.39, 0.29) is 17.7 Å². The maximum atomic E-state index is 12.8. The maximum absolute atomic E-state index is 12.8. The molecular formula is C22H24ClN5O2. The van der Waals surface area contributed by atoms with Crippen LogP contribution in [0.3, 0.4) is 0 Å². The Morgan fingerprint density at radius 3 is 2.30 bits per heavy atom. The number of hydrogen-bond acceptors (Lipinski definition) is 4. The van der Waals surface area contributed by atoms with E-state index in [1.54, 1.807) is 47.3 Å². The number of hydrogen-bond donors (Lipinski definition) is 2. The van der Waals surface area contributed by atoms with Crippen LogP contribution in [0.15, 0.2) is 48.7 Å². The van der Waals surface area contributed by atoms with Gasteiger partial charge in [0.1, 0.15) is 6.04 Å². The molecule has 2 amide bonds. The second-order valence-corrected chi connectivity index (χ2v) is 7.87. The average molecular weight is 426 g/mol. The molecule has 2 heterocycles. The van der Waals surface area contributed by atoms with Gasteiger partial charge in [0.25, 0.3) is 5.91 Å². The highest BCUT2D eigenvalue weighted by atomic mass is 35.5. The Bertz CT molecular complexity index is 1040. The van der Waals surface area contributed by atoms with Crippen molar-refractivity contribution in [1.29, 1.82) is 0 Å². The first kappa shape index (κ1) is 21.5. The second kappa shape index (κ2) is 9.09. The number of carbonyl (C=O) groups is 2. The smallest absolute Gasteiger partial charge is 0.251 e. The van der Waals surface area contributed by atoms with Crippen LogP contribution in [0.4, 0.5) is 5.69 Å². The lowest BCUT2D eigenvalue weighted by Crippen LogP contribution is -2.47. The predicted octanol–water partition coefficient (Wildman–Crippen LogP) is 3.93. The van der Waals surface area contributed by atoms with Crippen molar-refractivity contribution < 1.29 is 9.59 Å². The summed E-state index contributed by atoms with van der Waals surface area (Å²) in [5.74, 6) is -0.0928. The largest absolute Gasteiger partial charge is 0.340 e. The van der Waals surface area contributed by atoms with Crippen LogP contribution in [0.5, 0.6) is 0 Å². The highest BCUT2D eigenvalue weighted by Crippen LogP contribution is 2.15. The van der Waals surface area contributed by atoms with Crippen molar-refractivity contribution >= 4 is 29.1 Å². The van der Waals surface area contributed by atoms with E-state index in [0.717, 1.165) is 11.4 Å². The summed E-state index contributed by atoms with van der Waals surface area (Å²) in [7, 11) is 0. The molecule has 7 nitrogen and oxygen atoms in total. The van der Waals surface area contributed by atoms with Crippen molar-refractivity contribution in [3.63, 3.8) is 0 Å². The van der Waals surface area contributed by atoms with Gasteiger partial charge in [-0.15, -0.1) is 0 Å². The number of carbonyl (C=O) groups excluding carboxylic acids is 2. The lowest BCUT2D eigenvalue weighted by molar-refractivity contribution is -0.118. The van der Waals surface area contributed by atoms with Crippen LogP contribution in [0.25, 0.3) is 5.82 Å². The van der Waals surface area contributed by atoms with Crippen LogP contribution in [0.1, 0.15) is 35.6 Å². The summed E-state index contributed by atoms with van der Waals surface area (Å²) in [6.45, 7) is 7.61. The lowest BCUT2D eigenvalue weighted by Gasteiger charge is -2.21. The van der Waals surface area contributed by atoms with Gasteiger partial charge < -0.3 is 10.6 Å². The van der Waals surface area contributed by atoms with E-state index in [1.165, 1.54) is 0 Å². The molecule has 2 N–H and O–H groups in total. The van der Waals surface area contributed by atoms with E-state index in [2.05, 4.69) is 20.7 Å². The van der Waals surface area contributed by atoms with E-state index >= 15 is 0 Å². The number of amides is 2. The van der Waals surface area contributed by atoms with Crippen molar-refractivity contribution in [2.24, 2.45) is 5.92 Å². The number of aromatic nitrogens is 3. The number of benzene rings is 1. The number of nitrogens with zero attached hydrogens (tertiary/aromatic N) is 3. The van der Waals surface area contributed by atoms with Crippen LogP contribution >= 0.6 is 11.6 Å². The zero-order chi connectivity index (χ0) is 21.8. The third-order valence-electron chi connectivity index (χ3n) is 4.58. The van der Waals surface area contributed by atoms with Crippen LogP contribution in [0, 0.1) is 19.8 Å². The molecule has 0 bridgehead atoms. The minimum absolute atomic E-state index is 0.108. The van der Waals surface area contributed by atoms with Crippen molar-refractivity contribution in [2.75, 3.05) is 5.32 Å². The monoisotopic (exact) mass is 425 g/mol. The highest BCUT2D eigenvalue weighted by molar-refractivity contribution is 6.30. The summed E-state index contributed by atoms with van der Waals surface area (Å²) in [5.41, 5.74) is 2.86. The zero-order valence-electron chi connectivity index (χ0n) is 17.3. The van der Waals surface area contributed by atoms with Gasteiger partial charge >= 0.3 is 0 Å². The van der Waals surface area contributed by atoms with Crippen LogP contribution in [-0.4, -0.2) is 32.6 Å². The number of pyridine rings is 1. The van der Waals surface area contributed by atoms with Crippen molar-refractivity contribution in [3.8, 4) is 5.82 Å². The molecule has 156 valence electrons. The average Bonchev–Trinajstić information content (AvgIpc) is 3.04. The van der Waals surface area contributed by atoms with E-state index in [9.17, 15) is 9.59 Å². The molecular weight excluding hydrogens is 402 g/mol. The summed E-state index contributed by atoms with van der Waals surface area (Å²) in [6, 6.07) is 11.3. The summed E-state index contributed by atoms with van der Waals surface area (Å²) < 4.78 is 1.74. The molecule has 3 aromatic rings. The third kappa shape index (κ3) is 5.04.